The molecule has 0 saturated carbocycles. The van der Waals surface area contributed by atoms with E-state index in [2.05, 4.69) is 4.99 Å². The zero-order chi connectivity index (χ0) is 12.1. The summed E-state index contributed by atoms with van der Waals surface area (Å²) in [6, 6.07) is 5.25. The van der Waals surface area contributed by atoms with Gasteiger partial charge in [0.15, 0.2) is 11.1 Å². The molecule has 0 heterocycles. The van der Waals surface area contributed by atoms with Gasteiger partial charge in [-0.05, 0) is 17.7 Å². The molecule has 0 aromatic heterocycles. The number of nitrogens with zero attached hydrogens (tertiary/aromatic N) is 1. The highest BCUT2D eigenvalue weighted by Gasteiger charge is 2.06. The zero-order valence-electron chi connectivity index (χ0n) is 8.21. The molecule has 0 fully saturated rings. The molecule has 0 aliphatic rings. The molecule has 0 saturated heterocycles. The number of benzene rings is 1. The topological polar surface area (TPSA) is 88.2 Å². The Labute approximate surface area is 108 Å². The van der Waals surface area contributed by atoms with Gasteiger partial charge in [0.05, 0.1) is 0 Å². The van der Waals surface area contributed by atoms with Gasteiger partial charge >= 0.3 is 0 Å². The highest BCUT2D eigenvalue weighted by Crippen LogP contribution is 2.28. The standard InChI is InChI=1S/C9H10Cl2N4S/c10-6-2-1-3-7(11)5(6)4-16-9(14)15-8(12)13/h1-3H,4H2,(H5,12,13,14,15). The summed E-state index contributed by atoms with van der Waals surface area (Å²) >= 11 is 13.1. The first kappa shape index (κ1) is 13.2. The maximum absolute atomic E-state index is 7.44. The van der Waals surface area contributed by atoms with Gasteiger partial charge in [0.25, 0.3) is 0 Å². The van der Waals surface area contributed by atoms with Crippen LogP contribution < -0.4 is 11.5 Å². The predicted octanol–water partition coefficient (Wildman–Crippen LogP) is 2.43. The molecule has 86 valence electrons. The van der Waals surface area contributed by atoms with Crippen LogP contribution in [-0.2, 0) is 5.75 Å². The molecule has 1 aromatic carbocycles. The summed E-state index contributed by atoms with van der Waals surface area (Å²) < 4.78 is 0. The van der Waals surface area contributed by atoms with Crippen LogP contribution in [0.1, 0.15) is 5.56 Å². The molecule has 0 atom stereocenters. The fraction of sp³-hybridized carbons (Fsp3) is 0.111. The van der Waals surface area contributed by atoms with Crippen molar-refractivity contribution < 1.29 is 0 Å². The quantitative estimate of drug-likeness (QED) is 0.573. The van der Waals surface area contributed by atoms with E-state index in [4.69, 9.17) is 40.1 Å². The van der Waals surface area contributed by atoms with Crippen molar-refractivity contribution in [2.75, 3.05) is 0 Å². The molecule has 0 aliphatic carbocycles. The van der Waals surface area contributed by atoms with Crippen LogP contribution in [0.2, 0.25) is 10.0 Å². The molecule has 0 aliphatic heterocycles. The molecule has 0 spiro atoms. The molecule has 4 nitrogen and oxygen atoms in total. The first-order valence-electron chi connectivity index (χ1n) is 4.24. The lowest BCUT2D eigenvalue weighted by Gasteiger charge is -2.05. The lowest BCUT2D eigenvalue weighted by atomic mass is 10.2. The monoisotopic (exact) mass is 276 g/mol. The third-order valence-electron chi connectivity index (χ3n) is 1.65. The molecule has 16 heavy (non-hydrogen) atoms. The van der Waals surface area contributed by atoms with Crippen LogP contribution in [0.3, 0.4) is 0 Å². The summed E-state index contributed by atoms with van der Waals surface area (Å²) in [5.74, 6) is 0.316. The van der Waals surface area contributed by atoms with Crippen LogP contribution in [0, 0.1) is 5.41 Å². The second-order valence-corrected chi connectivity index (χ2v) is 4.61. The summed E-state index contributed by atoms with van der Waals surface area (Å²) in [7, 11) is 0. The van der Waals surface area contributed by atoms with Crippen LogP contribution >= 0.6 is 35.0 Å². The Hall–Kier alpha value is -0.910. The van der Waals surface area contributed by atoms with Crippen LogP contribution in [0.5, 0.6) is 0 Å². The summed E-state index contributed by atoms with van der Waals surface area (Å²) in [5, 5.41) is 8.60. The molecule has 0 unspecified atom stereocenters. The van der Waals surface area contributed by atoms with Crippen LogP contribution in [0.4, 0.5) is 0 Å². The Bertz CT molecular complexity index is 409. The highest BCUT2D eigenvalue weighted by molar-refractivity contribution is 8.13. The van der Waals surface area contributed by atoms with E-state index in [9.17, 15) is 0 Å². The van der Waals surface area contributed by atoms with E-state index in [1.54, 1.807) is 18.2 Å². The summed E-state index contributed by atoms with van der Waals surface area (Å²) in [6.07, 6.45) is 0. The molecular formula is C9H10Cl2N4S. The number of nitrogens with two attached hydrogens (primary N) is 2. The van der Waals surface area contributed by atoms with Crippen molar-refractivity contribution in [1.29, 1.82) is 5.41 Å². The van der Waals surface area contributed by atoms with E-state index in [1.807, 2.05) is 0 Å². The minimum atomic E-state index is -0.136. The van der Waals surface area contributed by atoms with Gasteiger partial charge in [-0.1, -0.05) is 41.0 Å². The average molecular weight is 277 g/mol. The number of guanidine groups is 1. The van der Waals surface area contributed by atoms with Gasteiger partial charge in [-0.3, -0.25) is 5.41 Å². The Morgan fingerprint density at radius 3 is 2.38 bits per heavy atom. The molecule has 0 amide bonds. The van der Waals surface area contributed by atoms with E-state index < -0.39 is 0 Å². The van der Waals surface area contributed by atoms with Gasteiger partial charge in [-0.2, -0.15) is 4.99 Å². The average Bonchev–Trinajstić information content (AvgIpc) is 2.15. The first-order valence-corrected chi connectivity index (χ1v) is 5.98. The van der Waals surface area contributed by atoms with Crippen LogP contribution in [-0.4, -0.2) is 11.1 Å². The number of hydrogen-bond donors (Lipinski definition) is 3. The number of rotatable bonds is 2. The van der Waals surface area contributed by atoms with Gasteiger partial charge in [0.1, 0.15) is 0 Å². The number of nitrogens with one attached hydrogen (secondary N) is 1. The number of thioether (sulfide) groups is 1. The number of amidine groups is 1. The largest absolute Gasteiger partial charge is 0.370 e. The van der Waals surface area contributed by atoms with Crippen molar-refractivity contribution in [1.82, 2.24) is 0 Å². The third kappa shape index (κ3) is 3.92. The van der Waals surface area contributed by atoms with Gasteiger partial charge in [0, 0.05) is 15.8 Å². The summed E-state index contributed by atoms with van der Waals surface area (Å²) in [6.45, 7) is 0. The van der Waals surface area contributed by atoms with Gasteiger partial charge in [-0.15, -0.1) is 0 Å². The number of hydrogen-bond acceptors (Lipinski definition) is 2. The summed E-state index contributed by atoms with van der Waals surface area (Å²) in [4.78, 5) is 3.58. The second kappa shape index (κ2) is 5.98. The SMILES string of the molecule is N=C(N=C(N)N)SCc1c(Cl)cccc1Cl. The molecule has 7 heteroatoms. The second-order valence-electron chi connectivity index (χ2n) is 2.83. The summed E-state index contributed by atoms with van der Waals surface area (Å²) in [5.41, 5.74) is 11.1. The van der Waals surface area contributed by atoms with E-state index in [-0.39, 0.29) is 11.1 Å². The highest BCUT2D eigenvalue weighted by atomic mass is 35.5. The maximum atomic E-state index is 7.44. The fourth-order valence-corrected chi connectivity index (χ4v) is 2.41. The minimum Gasteiger partial charge on any atom is -0.370 e. The first-order chi connectivity index (χ1) is 7.50. The maximum Gasteiger partial charge on any atom is 0.193 e. The van der Waals surface area contributed by atoms with Crippen LogP contribution in [0.25, 0.3) is 0 Å². The van der Waals surface area contributed by atoms with Crippen molar-refractivity contribution in [3.05, 3.63) is 33.8 Å². The van der Waals surface area contributed by atoms with E-state index in [0.29, 0.717) is 15.8 Å². The normalized spacial score (nSPS) is 9.88. The molecule has 0 radical (unpaired) electrons. The van der Waals surface area contributed by atoms with Crippen molar-refractivity contribution in [3.63, 3.8) is 0 Å². The van der Waals surface area contributed by atoms with Gasteiger partial charge < -0.3 is 11.5 Å². The molecular weight excluding hydrogens is 267 g/mol. The Morgan fingerprint density at radius 2 is 1.88 bits per heavy atom. The smallest absolute Gasteiger partial charge is 0.193 e. The van der Waals surface area contributed by atoms with Crippen molar-refractivity contribution in [3.8, 4) is 0 Å². The number of aliphatic imine (C=N–C) groups is 1. The Kier molecular flexibility index (Phi) is 4.92. The van der Waals surface area contributed by atoms with Gasteiger partial charge in [0.2, 0.25) is 0 Å². The van der Waals surface area contributed by atoms with Crippen LogP contribution in [0.15, 0.2) is 23.2 Å². The Morgan fingerprint density at radius 1 is 1.31 bits per heavy atom. The molecule has 1 aromatic rings. The van der Waals surface area contributed by atoms with E-state index in [1.165, 1.54) is 0 Å². The molecule has 5 N–H and O–H groups in total. The lowest BCUT2D eigenvalue weighted by molar-refractivity contribution is 1.40. The predicted molar refractivity (Wildman–Crippen MR) is 71.3 cm³/mol. The van der Waals surface area contributed by atoms with E-state index >= 15 is 0 Å². The third-order valence-corrected chi connectivity index (χ3v) is 3.15. The van der Waals surface area contributed by atoms with E-state index in [0.717, 1.165) is 17.3 Å². The van der Waals surface area contributed by atoms with Crippen molar-refractivity contribution >= 4 is 46.1 Å². The molecule has 1 rings (SSSR count). The molecule has 0 bridgehead atoms. The van der Waals surface area contributed by atoms with Gasteiger partial charge in [-0.25, -0.2) is 0 Å². The van der Waals surface area contributed by atoms with Crippen molar-refractivity contribution in [2.24, 2.45) is 16.5 Å². The Balaban J connectivity index is 2.68. The number of halogens is 2. The van der Waals surface area contributed by atoms with Crippen molar-refractivity contribution in [2.45, 2.75) is 5.75 Å². The fourth-order valence-electron chi connectivity index (χ4n) is 0.960. The zero-order valence-corrected chi connectivity index (χ0v) is 10.5. The minimum absolute atomic E-state index is 0.0241. The lowest BCUT2D eigenvalue weighted by Crippen LogP contribution is -2.23.